The third kappa shape index (κ3) is 4.01. The van der Waals surface area contributed by atoms with Gasteiger partial charge in [-0.2, -0.15) is 5.26 Å². The maximum atomic E-state index is 13.3. The number of ketones is 3. The maximum absolute atomic E-state index is 13.3. The van der Waals surface area contributed by atoms with Crippen LogP contribution in [0.15, 0.2) is 11.6 Å². The van der Waals surface area contributed by atoms with Gasteiger partial charge in [-0.3, -0.25) is 9.59 Å². The van der Waals surface area contributed by atoms with Crippen LogP contribution in [0.1, 0.15) is 120 Å². The fraction of sp³-hybridized carbons (Fsp3) is 0.818. The molecule has 4 aliphatic rings. The molecule has 0 spiro atoms. The monoisotopic (exact) mass is 507 g/mol. The number of nitriles is 1. The molecule has 204 valence electrons. The molecule has 3 fully saturated rings. The van der Waals surface area contributed by atoms with E-state index in [1.54, 1.807) is 6.92 Å². The number of carbonyl (C=O) groups is 3. The Balaban J connectivity index is 1.82. The lowest BCUT2D eigenvalue weighted by Crippen LogP contribution is -2.62. The van der Waals surface area contributed by atoms with Gasteiger partial charge in [-0.05, 0) is 105 Å². The van der Waals surface area contributed by atoms with Crippen LogP contribution in [0.3, 0.4) is 0 Å². The van der Waals surface area contributed by atoms with Crippen LogP contribution in [-0.2, 0) is 14.4 Å². The van der Waals surface area contributed by atoms with Crippen molar-refractivity contribution in [1.29, 1.82) is 5.26 Å². The SMILES string of the molecule is CC(=O)CC1[C@@]2(C)C=C(C#N)C(=O)C(C)(C)C2CC[C@@]1(C)[C@]1(C)CC[C@@]2(C(C)=O)CCC(C)(C)CC2C1. The summed E-state index contributed by atoms with van der Waals surface area (Å²) in [5, 5.41) is 9.92. The van der Waals surface area contributed by atoms with Crippen LogP contribution < -0.4 is 0 Å². The molecule has 4 rings (SSSR count). The van der Waals surface area contributed by atoms with E-state index < -0.39 is 10.8 Å². The van der Waals surface area contributed by atoms with Crippen molar-refractivity contribution < 1.29 is 14.4 Å². The highest BCUT2D eigenvalue weighted by atomic mass is 16.1. The highest BCUT2D eigenvalue weighted by Crippen LogP contribution is 2.72. The van der Waals surface area contributed by atoms with Gasteiger partial charge in [0.05, 0.1) is 5.57 Å². The van der Waals surface area contributed by atoms with E-state index in [4.69, 9.17) is 0 Å². The molecule has 0 aromatic carbocycles. The van der Waals surface area contributed by atoms with Gasteiger partial charge in [-0.25, -0.2) is 0 Å². The van der Waals surface area contributed by atoms with Crippen LogP contribution in [-0.4, -0.2) is 17.3 Å². The summed E-state index contributed by atoms with van der Waals surface area (Å²) in [6, 6.07) is 2.21. The standard InChI is InChI=1S/C33H49NO3/c1-21(35)16-26-31(8)17-23(20-34)27(37)29(5,6)25(31)10-11-32(26,9)30(7)13-15-33(22(2)36)14-12-28(3,4)18-24(33)19-30/h17,24-26H,10-16,18-19H2,1-9H3/t24?,25?,26?,30-,31+,32-,33-/m1/s1. The van der Waals surface area contributed by atoms with Gasteiger partial charge in [-0.15, -0.1) is 0 Å². The molecule has 0 aromatic heterocycles. The Morgan fingerprint density at radius 2 is 1.57 bits per heavy atom. The van der Waals surface area contributed by atoms with E-state index in [0.29, 0.717) is 18.1 Å². The number of hydrogen-bond donors (Lipinski definition) is 0. The van der Waals surface area contributed by atoms with Gasteiger partial charge < -0.3 is 4.79 Å². The lowest BCUT2D eigenvalue weighted by atomic mass is 9.36. The van der Waals surface area contributed by atoms with E-state index in [0.717, 1.165) is 51.4 Å². The van der Waals surface area contributed by atoms with Crippen molar-refractivity contribution in [2.24, 2.45) is 50.2 Å². The van der Waals surface area contributed by atoms with E-state index in [-0.39, 0.29) is 50.6 Å². The molecule has 0 heterocycles. The van der Waals surface area contributed by atoms with Gasteiger partial charge in [-0.1, -0.05) is 54.5 Å². The normalized spacial score (nSPS) is 44.6. The highest BCUT2D eigenvalue weighted by Gasteiger charge is 2.66. The average Bonchev–Trinajstić information content (AvgIpc) is 2.78. The minimum absolute atomic E-state index is 0.0234. The molecule has 4 nitrogen and oxygen atoms in total. The molecule has 0 amide bonds. The lowest BCUT2D eigenvalue weighted by molar-refractivity contribution is -0.179. The van der Waals surface area contributed by atoms with E-state index in [1.165, 1.54) is 0 Å². The molecule has 0 aromatic rings. The van der Waals surface area contributed by atoms with E-state index >= 15 is 0 Å². The first-order valence-corrected chi connectivity index (χ1v) is 14.6. The smallest absolute Gasteiger partial charge is 0.178 e. The Kier molecular flexibility index (Phi) is 6.58. The van der Waals surface area contributed by atoms with Crippen molar-refractivity contribution in [3.8, 4) is 6.07 Å². The fourth-order valence-corrected chi connectivity index (χ4v) is 10.2. The second-order valence-electron chi connectivity index (χ2n) is 15.6. The summed E-state index contributed by atoms with van der Waals surface area (Å²) in [5.41, 5.74) is -0.897. The maximum Gasteiger partial charge on any atom is 0.178 e. The third-order valence-electron chi connectivity index (χ3n) is 12.7. The minimum atomic E-state index is -0.629. The molecule has 0 aliphatic heterocycles. The van der Waals surface area contributed by atoms with Crippen LogP contribution in [0.25, 0.3) is 0 Å². The Morgan fingerprint density at radius 1 is 0.946 bits per heavy atom. The second kappa shape index (κ2) is 8.62. The first kappa shape index (κ1) is 28.3. The Labute approximate surface area is 225 Å². The third-order valence-corrected chi connectivity index (χ3v) is 12.7. The van der Waals surface area contributed by atoms with Crippen molar-refractivity contribution in [3.05, 3.63) is 11.6 Å². The van der Waals surface area contributed by atoms with Gasteiger partial charge in [0.2, 0.25) is 0 Å². The number of hydrogen-bond acceptors (Lipinski definition) is 4. The van der Waals surface area contributed by atoms with E-state index in [9.17, 15) is 19.6 Å². The van der Waals surface area contributed by atoms with Crippen LogP contribution in [0, 0.1) is 61.6 Å². The molecular weight excluding hydrogens is 458 g/mol. The number of rotatable bonds is 4. The second-order valence-corrected chi connectivity index (χ2v) is 15.6. The van der Waals surface area contributed by atoms with Gasteiger partial charge in [0.1, 0.15) is 17.6 Å². The Morgan fingerprint density at radius 3 is 2.14 bits per heavy atom. The zero-order valence-electron chi connectivity index (χ0n) is 24.8. The van der Waals surface area contributed by atoms with Crippen LogP contribution in [0.4, 0.5) is 0 Å². The van der Waals surface area contributed by atoms with Gasteiger partial charge in [0.25, 0.3) is 0 Å². The predicted molar refractivity (Wildman–Crippen MR) is 146 cm³/mol. The topological polar surface area (TPSA) is 75.0 Å². The first-order valence-electron chi connectivity index (χ1n) is 14.6. The summed E-state index contributed by atoms with van der Waals surface area (Å²) in [7, 11) is 0. The zero-order chi connectivity index (χ0) is 27.8. The Hall–Kier alpha value is -1.76. The molecule has 0 radical (unpaired) electrons. The summed E-state index contributed by atoms with van der Waals surface area (Å²) < 4.78 is 0. The van der Waals surface area contributed by atoms with Gasteiger partial charge >= 0.3 is 0 Å². The van der Waals surface area contributed by atoms with Crippen LogP contribution >= 0.6 is 0 Å². The molecule has 4 heteroatoms. The fourth-order valence-electron chi connectivity index (χ4n) is 10.2. The largest absolute Gasteiger partial charge is 0.300 e. The molecule has 3 saturated carbocycles. The number of carbonyl (C=O) groups excluding carboxylic acids is 3. The number of nitrogens with zero attached hydrogens (tertiary/aromatic N) is 1. The minimum Gasteiger partial charge on any atom is -0.300 e. The molecule has 4 aliphatic carbocycles. The number of allylic oxidation sites excluding steroid dienone is 2. The summed E-state index contributed by atoms with van der Waals surface area (Å²) in [4.78, 5) is 39.2. The van der Waals surface area contributed by atoms with Crippen LogP contribution in [0.2, 0.25) is 0 Å². The van der Waals surface area contributed by atoms with Crippen molar-refractivity contribution >= 4 is 17.3 Å². The van der Waals surface area contributed by atoms with Crippen molar-refractivity contribution in [2.45, 2.75) is 120 Å². The quantitative estimate of drug-likeness (QED) is 0.391. The summed E-state index contributed by atoms with van der Waals surface area (Å²) in [6.45, 7) is 19.3. The van der Waals surface area contributed by atoms with E-state index in [1.807, 2.05) is 26.8 Å². The average molecular weight is 508 g/mol. The van der Waals surface area contributed by atoms with E-state index in [2.05, 4.69) is 40.7 Å². The summed E-state index contributed by atoms with van der Waals surface area (Å²) in [6.07, 6.45) is 10.4. The number of fused-ring (bicyclic) bond motifs is 2. The molecule has 0 saturated heterocycles. The van der Waals surface area contributed by atoms with Crippen molar-refractivity contribution in [1.82, 2.24) is 0 Å². The Bertz CT molecular complexity index is 1090. The molecule has 0 N–H and O–H groups in total. The summed E-state index contributed by atoms with van der Waals surface area (Å²) >= 11 is 0. The van der Waals surface area contributed by atoms with Gasteiger partial charge in [0, 0.05) is 17.3 Å². The molecule has 7 atom stereocenters. The zero-order valence-corrected chi connectivity index (χ0v) is 24.8. The first-order chi connectivity index (χ1) is 16.9. The van der Waals surface area contributed by atoms with Gasteiger partial charge in [0.15, 0.2) is 5.78 Å². The molecule has 37 heavy (non-hydrogen) atoms. The predicted octanol–water partition coefficient (Wildman–Crippen LogP) is 7.66. The van der Waals surface area contributed by atoms with Crippen LogP contribution in [0.5, 0.6) is 0 Å². The summed E-state index contributed by atoms with van der Waals surface area (Å²) in [5.74, 6) is 0.989. The number of Topliss-reactive ketones (excluding diaryl/α,β-unsaturated/α-hetero) is 3. The molecule has 3 unspecified atom stereocenters. The highest BCUT2D eigenvalue weighted by molar-refractivity contribution is 6.04. The molecular formula is C33H49NO3. The van der Waals surface area contributed by atoms with Crippen molar-refractivity contribution in [2.75, 3.05) is 0 Å². The molecule has 0 bridgehead atoms. The lowest BCUT2D eigenvalue weighted by Gasteiger charge is -2.67. The van der Waals surface area contributed by atoms with Crippen molar-refractivity contribution in [3.63, 3.8) is 0 Å².